The van der Waals surface area contributed by atoms with Gasteiger partial charge in [0.05, 0.1) is 18.2 Å². The molecule has 0 saturated carbocycles. The lowest BCUT2D eigenvalue weighted by atomic mass is 9.94. The topological polar surface area (TPSA) is 116 Å². The second kappa shape index (κ2) is 6.55. The van der Waals surface area contributed by atoms with E-state index in [9.17, 15) is 4.79 Å². The van der Waals surface area contributed by atoms with Gasteiger partial charge in [0.15, 0.2) is 5.78 Å². The molecule has 0 amide bonds. The molecule has 0 bridgehead atoms. The van der Waals surface area contributed by atoms with Crippen molar-refractivity contribution in [3.63, 3.8) is 0 Å². The number of Topliss-reactive ketones (excluding diaryl/α,β-unsaturated/α-hetero) is 1. The van der Waals surface area contributed by atoms with Crippen molar-refractivity contribution in [2.45, 2.75) is 19.4 Å². The minimum atomic E-state index is -1.50. The van der Waals surface area contributed by atoms with Crippen molar-refractivity contribution < 1.29 is 19.8 Å². The van der Waals surface area contributed by atoms with Crippen molar-refractivity contribution >= 4 is 5.78 Å². The fourth-order valence-corrected chi connectivity index (χ4v) is 1.18. The second-order valence-electron chi connectivity index (χ2n) is 3.99. The molecule has 0 spiro atoms. The molecule has 1 aromatic carbocycles. The van der Waals surface area contributed by atoms with Gasteiger partial charge in [-0.2, -0.15) is 0 Å². The molecule has 0 aliphatic heterocycles. The Hall–Kier alpha value is -2.15. The molecule has 1 aromatic rings. The maximum absolute atomic E-state index is 11.8. The van der Waals surface area contributed by atoms with Crippen LogP contribution in [-0.4, -0.2) is 28.7 Å². The van der Waals surface area contributed by atoms with Crippen molar-refractivity contribution in [2.75, 3.05) is 7.11 Å². The van der Waals surface area contributed by atoms with E-state index in [0.29, 0.717) is 11.3 Å². The summed E-state index contributed by atoms with van der Waals surface area (Å²) >= 11 is 0. The number of benzene rings is 1. The minimum absolute atomic E-state index is 0.116. The predicted octanol–water partition coefficient (Wildman–Crippen LogP) is 1.27. The van der Waals surface area contributed by atoms with Crippen LogP contribution < -0.4 is 10.5 Å². The van der Waals surface area contributed by atoms with Gasteiger partial charge in [-0.05, 0) is 26.0 Å². The molecule has 1 rings (SSSR count). The molecule has 100 valence electrons. The molecule has 0 radical (unpaired) electrons. The molecule has 18 heavy (non-hydrogen) atoms. The Morgan fingerprint density at radius 3 is 2.28 bits per heavy atom. The van der Waals surface area contributed by atoms with Crippen LogP contribution in [-0.2, 0) is 0 Å². The molecule has 0 atom stereocenters. The third-order valence-corrected chi connectivity index (χ3v) is 1.94. The average molecular weight is 256 g/mol. The van der Waals surface area contributed by atoms with Gasteiger partial charge >= 0.3 is 0 Å². The highest BCUT2D eigenvalue weighted by Gasteiger charge is 2.25. The number of hydrogen-bond acceptors (Lipinski definition) is 5. The molecule has 0 aliphatic carbocycles. The van der Waals surface area contributed by atoms with Crippen LogP contribution in [0.15, 0.2) is 24.3 Å². The van der Waals surface area contributed by atoms with Gasteiger partial charge < -0.3 is 15.7 Å². The Kier molecular flexibility index (Phi) is 5.77. The number of ketones is 1. The Morgan fingerprint density at radius 1 is 1.44 bits per heavy atom. The van der Waals surface area contributed by atoms with E-state index < -0.39 is 10.6 Å². The normalized spacial score (nSPS) is 10.0. The van der Waals surface area contributed by atoms with Crippen molar-refractivity contribution in [2.24, 2.45) is 5.73 Å². The first-order chi connectivity index (χ1) is 8.20. The van der Waals surface area contributed by atoms with Crippen LogP contribution in [0.5, 0.6) is 5.75 Å². The predicted molar refractivity (Wildman–Crippen MR) is 64.4 cm³/mol. The molecule has 0 fully saturated rings. The Bertz CT molecular complexity index is 422. The summed E-state index contributed by atoms with van der Waals surface area (Å²) in [5.41, 5.74) is 5.39. The van der Waals surface area contributed by atoms with Crippen molar-refractivity contribution in [3.8, 4) is 5.75 Å². The lowest BCUT2D eigenvalue weighted by Gasteiger charge is -2.18. The lowest BCUT2D eigenvalue weighted by Crippen LogP contribution is -2.41. The third-order valence-electron chi connectivity index (χ3n) is 1.94. The van der Waals surface area contributed by atoms with Crippen LogP contribution in [0.1, 0.15) is 24.2 Å². The first-order valence-corrected chi connectivity index (χ1v) is 5.00. The van der Waals surface area contributed by atoms with Crippen molar-refractivity contribution in [1.29, 1.82) is 0 Å². The van der Waals surface area contributed by atoms with Crippen molar-refractivity contribution in [1.82, 2.24) is 0 Å². The van der Waals surface area contributed by atoms with E-state index in [-0.39, 0.29) is 5.78 Å². The maximum atomic E-state index is 11.8. The highest BCUT2D eigenvalue weighted by molar-refractivity contribution is 6.04. The third kappa shape index (κ3) is 5.26. The number of ether oxygens (including phenoxy) is 1. The molecule has 0 aliphatic rings. The number of methoxy groups -OCH3 is 1. The Labute approximate surface area is 104 Å². The van der Waals surface area contributed by atoms with Gasteiger partial charge in [0.25, 0.3) is 5.09 Å². The second-order valence-corrected chi connectivity index (χ2v) is 3.99. The van der Waals surface area contributed by atoms with Gasteiger partial charge in [-0.3, -0.25) is 4.79 Å². The monoisotopic (exact) mass is 256 g/mol. The average Bonchev–Trinajstić information content (AvgIpc) is 2.26. The summed E-state index contributed by atoms with van der Waals surface area (Å²) in [4.78, 5) is 20.2. The number of carbonyl (C=O) groups excluding carboxylic acids is 1. The highest BCUT2D eigenvalue weighted by atomic mass is 16.9. The number of carbonyl (C=O) groups is 1. The van der Waals surface area contributed by atoms with Crippen LogP contribution in [0, 0.1) is 10.1 Å². The minimum Gasteiger partial charge on any atom is -0.496 e. The van der Waals surface area contributed by atoms with Crippen molar-refractivity contribution in [3.05, 3.63) is 39.9 Å². The van der Waals surface area contributed by atoms with Gasteiger partial charge in [0.1, 0.15) is 5.75 Å². The summed E-state index contributed by atoms with van der Waals surface area (Å²) < 4.78 is 5.09. The zero-order chi connectivity index (χ0) is 14.3. The summed E-state index contributed by atoms with van der Waals surface area (Å²) in [6.07, 6.45) is 0. The number of nitrogens with zero attached hydrogens (tertiary/aromatic N) is 1. The largest absolute Gasteiger partial charge is 0.496 e. The zero-order valence-electron chi connectivity index (χ0n) is 10.4. The standard InChI is InChI=1S/C11H15NO2.HNO3/c1-11(2,12)10(13)8-6-4-5-7-9(8)14-3;2-1(3)4/h4-7H,12H2,1-3H3;(H,2,3,4). The van der Waals surface area contributed by atoms with E-state index >= 15 is 0 Å². The van der Waals surface area contributed by atoms with E-state index in [1.54, 1.807) is 32.0 Å². The van der Waals surface area contributed by atoms with Crippen LogP contribution in [0.3, 0.4) is 0 Å². The molecule has 7 heteroatoms. The molecular weight excluding hydrogens is 240 g/mol. The van der Waals surface area contributed by atoms with E-state index in [1.165, 1.54) is 7.11 Å². The number of rotatable bonds is 3. The van der Waals surface area contributed by atoms with Gasteiger partial charge in [0.2, 0.25) is 0 Å². The fraction of sp³-hybridized carbons (Fsp3) is 0.364. The highest BCUT2D eigenvalue weighted by Crippen LogP contribution is 2.21. The summed E-state index contributed by atoms with van der Waals surface area (Å²) in [7, 11) is 1.54. The SMILES string of the molecule is COc1ccccc1C(=O)C(C)(C)N.O=[N+]([O-])O. The van der Waals surface area contributed by atoms with Gasteiger partial charge in [-0.15, -0.1) is 10.1 Å². The van der Waals surface area contributed by atoms with E-state index in [4.69, 9.17) is 25.8 Å². The number of para-hydroxylation sites is 1. The van der Waals surface area contributed by atoms with Crippen LogP contribution in [0.2, 0.25) is 0 Å². The molecule has 0 saturated heterocycles. The van der Waals surface area contributed by atoms with Gasteiger partial charge in [-0.25, -0.2) is 0 Å². The zero-order valence-corrected chi connectivity index (χ0v) is 10.4. The smallest absolute Gasteiger partial charge is 0.291 e. The number of hydrogen-bond donors (Lipinski definition) is 2. The van der Waals surface area contributed by atoms with Gasteiger partial charge in [0, 0.05) is 0 Å². The molecular formula is C11H16N2O5. The maximum Gasteiger partial charge on any atom is 0.291 e. The number of nitrogens with two attached hydrogens (primary N) is 1. The summed E-state index contributed by atoms with van der Waals surface area (Å²) in [6, 6.07) is 7.08. The lowest BCUT2D eigenvalue weighted by molar-refractivity contribution is -0.742. The summed E-state index contributed by atoms with van der Waals surface area (Å²) in [5, 5.41) is 13.6. The Morgan fingerprint density at radius 2 is 1.89 bits per heavy atom. The first kappa shape index (κ1) is 15.9. The summed E-state index contributed by atoms with van der Waals surface area (Å²) in [5.74, 6) is 0.450. The molecule has 0 heterocycles. The molecule has 7 nitrogen and oxygen atoms in total. The van der Waals surface area contributed by atoms with E-state index in [1.807, 2.05) is 6.07 Å². The molecule has 0 aromatic heterocycles. The van der Waals surface area contributed by atoms with E-state index in [0.717, 1.165) is 0 Å². The Balaban J connectivity index is 0.000000631. The van der Waals surface area contributed by atoms with E-state index in [2.05, 4.69) is 0 Å². The first-order valence-electron chi connectivity index (χ1n) is 5.00. The van der Waals surface area contributed by atoms with Crippen LogP contribution in [0.25, 0.3) is 0 Å². The van der Waals surface area contributed by atoms with Crippen LogP contribution >= 0.6 is 0 Å². The molecule has 3 N–H and O–H groups in total. The summed E-state index contributed by atoms with van der Waals surface area (Å²) in [6.45, 7) is 3.36. The van der Waals surface area contributed by atoms with Gasteiger partial charge in [-0.1, -0.05) is 12.1 Å². The molecule has 0 unspecified atom stereocenters. The van der Waals surface area contributed by atoms with Crippen LogP contribution in [0.4, 0.5) is 0 Å². The fourth-order valence-electron chi connectivity index (χ4n) is 1.18. The quantitative estimate of drug-likeness (QED) is 0.478.